The minimum atomic E-state index is -2.45. The monoisotopic (exact) mass is 290 g/mol. The van der Waals surface area contributed by atoms with E-state index in [1.165, 1.54) is 5.56 Å². The lowest BCUT2D eigenvalue weighted by atomic mass is 9.92. The van der Waals surface area contributed by atoms with Gasteiger partial charge in [0, 0.05) is 43.5 Å². The van der Waals surface area contributed by atoms with Crippen LogP contribution in [0.1, 0.15) is 31.2 Å². The van der Waals surface area contributed by atoms with E-state index in [0.29, 0.717) is 12.8 Å². The van der Waals surface area contributed by atoms with Crippen molar-refractivity contribution in [3.63, 3.8) is 0 Å². The topological polar surface area (TPSA) is 17.0 Å². The number of halogens is 2. The van der Waals surface area contributed by atoms with E-state index in [2.05, 4.69) is 34.1 Å². The third-order valence-electron chi connectivity index (χ3n) is 4.15. The molecular weight excluding hydrogens is 270 g/mol. The molecule has 1 saturated carbocycles. The summed E-state index contributed by atoms with van der Waals surface area (Å²) in [6.07, 6.45) is 5.17. The van der Waals surface area contributed by atoms with Gasteiger partial charge in [-0.25, -0.2) is 8.78 Å². The number of hydrogen-bond donors (Lipinski definition) is 1. The third-order valence-corrected chi connectivity index (χ3v) is 4.15. The molecule has 1 aromatic heterocycles. The molecule has 2 aromatic rings. The normalized spacial score (nSPS) is 18.8. The number of nitrogens with one attached hydrogen (secondary N) is 1. The van der Waals surface area contributed by atoms with Gasteiger partial charge in [0.25, 0.3) is 0 Å². The Kier molecular flexibility index (Phi) is 4.06. The van der Waals surface area contributed by atoms with Crippen molar-refractivity contribution in [2.45, 2.75) is 44.2 Å². The van der Waals surface area contributed by atoms with Crippen LogP contribution in [-0.4, -0.2) is 16.5 Å². The smallest absolute Gasteiger partial charge is 0.248 e. The van der Waals surface area contributed by atoms with E-state index in [9.17, 15) is 8.78 Å². The zero-order valence-electron chi connectivity index (χ0n) is 11.9. The van der Waals surface area contributed by atoms with Crippen LogP contribution in [0.25, 0.3) is 5.69 Å². The average molecular weight is 290 g/mol. The fourth-order valence-corrected chi connectivity index (χ4v) is 2.80. The average Bonchev–Trinajstić information content (AvgIpc) is 3.01. The van der Waals surface area contributed by atoms with E-state index in [-0.39, 0.29) is 18.9 Å². The fraction of sp³-hybridized carbons (Fsp3) is 0.412. The Hall–Kier alpha value is -1.68. The first-order chi connectivity index (χ1) is 10.1. The van der Waals surface area contributed by atoms with Gasteiger partial charge in [-0.15, -0.1) is 0 Å². The van der Waals surface area contributed by atoms with E-state index >= 15 is 0 Å². The maximum atomic E-state index is 13.1. The molecule has 0 spiro atoms. The van der Waals surface area contributed by atoms with E-state index < -0.39 is 5.92 Å². The SMILES string of the molecule is FC1(F)CCC(NCc2ccc(-n3cccc3)cc2)CC1. The minimum absolute atomic E-state index is 0.0111. The molecule has 4 heteroatoms. The van der Waals surface area contributed by atoms with Crippen molar-refractivity contribution in [3.05, 3.63) is 54.4 Å². The van der Waals surface area contributed by atoms with Crippen molar-refractivity contribution < 1.29 is 8.78 Å². The highest BCUT2D eigenvalue weighted by molar-refractivity contribution is 5.35. The second-order valence-electron chi connectivity index (χ2n) is 5.77. The molecule has 1 aromatic carbocycles. The molecule has 112 valence electrons. The molecular formula is C17H20F2N2. The number of alkyl halides is 2. The van der Waals surface area contributed by atoms with Crippen LogP contribution < -0.4 is 5.32 Å². The molecule has 0 amide bonds. The number of hydrogen-bond acceptors (Lipinski definition) is 1. The van der Waals surface area contributed by atoms with Gasteiger partial charge >= 0.3 is 0 Å². The fourth-order valence-electron chi connectivity index (χ4n) is 2.80. The summed E-state index contributed by atoms with van der Waals surface area (Å²) in [5.74, 6) is -2.45. The molecule has 0 atom stereocenters. The zero-order chi connectivity index (χ0) is 14.7. The predicted octanol–water partition coefficient (Wildman–Crippen LogP) is 4.14. The van der Waals surface area contributed by atoms with Crippen molar-refractivity contribution in [3.8, 4) is 5.69 Å². The molecule has 1 fully saturated rings. The summed E-state index contributed by atoms with van der Waals surface area (Å²) in [5, 5.41) is 3.39. The van der Waals surface area contributed by atoms with Crippen LogP contribution in [0.4, 0.5) is 8.78 Å². The standard InChI is InChI=1S/C17H20F2N2/c18-17(19)9-7-15(8-10-17)20-13-14-3-5-16(6-4-14)21-11-1-2-12-21/h1-6,11-12,15,20H,7-10,13H2. The lowest BCUT2D eigenvalue weighted by molar-refractivity contribution is -0.0405. The highest BCUT2D eigenvalue weighted by Crippen LogP contribution is 2.33. The van der Waals surface area contributed by atoms with Gasteiger partial charge in [-0.3, -0.25) is 0 Å². The first-order valence-electron chi connectivity index (χ1n) is 7.46. The lowest BCUT2D eigenvalue weighted by Gasteiger charge is -2.29. The predicted molar refractivity (Wildman–Crippen MR) is 79.8 cm³/mol. The molecule has 3 rings (SSSR count). The number of nitrogens with zero attached hydrogens (tertiary/aromatic N) is 1. The Labute approximate surface area is 123 Å². The summed E-state index contributed by atoms with van der Waals surface area (Å²) in [6.45, 7) is 0.738. The number of rotatable bonds is 4. The summed E-state index contributed by atoms with van der Waals surface area (Å²) >= 11 is 0. The molecule has 0 unspecified atom stereocenters. The van der Waals surface area contributed by atoms with Gasteiger partial charge < -0.3 is 9.88 Å². The summed E-state index contributed by atoms with van der Waals surface area (Å²) < 4.78 is 28.2. The Morgan fingerprint density at radius 2 is 1.67 bits per heavy atom. The summed E-state index contributed by atoms with van der Waals surface area (Å²) in [6, 6.07) is 12.5. The molecule has 0 bridgehead atoms. The third kappa shape index (κ3) is 3.70. The molecule has 1 N–H and O–H groups in total. The van der Waals surface area contributed by atoms with Crippen molar-refractivity contribution in [2.75, 3.05) is 0 Å². The van der Waals surface area contributed by atoms with Crippen LogP contribution in [0, 0.1) is 0 Å². The van der Waals surface area contributed by atoms with Gasteiger partial charge in [0.1, 0.15) is 0 Å². The van der Waals surface area contributed by atoms with Gasteiger partial charge in [-0.1, -0.05) is 12.1 Å². The maximum absolute atomic E-state index is 13.1. The zero-order valence-corrected chi connectivity index (χ0v) is 11.9. The van der Waals surface area contributed by atoms with Crippen LogP contribution in [0.5, 0.6) is 0 Å². The molecule has 1 aliphatic rings. The Morgan fingerprint density at radius 3 is 2.29 bits per heavy atom. The van der Waals surface area contributed by atoms with Gasteiger partial charge in [0.05, 0.1) is 0 Å². The number of benzene rings is 1. The highest BCUT2D eigenvalue weighted by atomic mass is 19.3. The molecule has 0 saturated heterocycles. The first-order valence-corrected chi connectivity index (χ1v) is 7.46. The lowest BCUT2D eigenvalue weighted by Crippen LogP contribution is -2.36. The summed E-state index contributed by atoms with van der Waals surface area (Å²) in [5.41, 5.74) is 2.31. The Balaban J connectivity index is 1.52. The van der Waals surface area contributed by atoms with Crippen LogP contribution in [0.15, 0.2) is 48.8 Å². The molecule has 21 heavy (non-hydrogen) atoms. The second kappa shape index (κ2) is 5.98. The molecule has 2 nitrogen and oxygen atoms in total. The maximum Gasteiger partial charge on any atom is 0.248 e. The summed E-state index contributed by atoms with van der Waals surface area (Å²) in [7, 11) is 0. The Morgan fingerprint density at radius 1 is 1.05 bits per heavy atom. The largest absolute Gasteiger partial charge is 0.324 e. The molecule has 0 radical (unpaired) electrons. The van der Waals surface area contributed by atoms with E-state index in [0.717, 1.165) is 12.2 Å². The second-order valence-corrected chi connectivity index (χ2v) is 5.77. The molecule has 1 aliphatic carbocycles. The van der Waals surface area contributed by atoms with Crippen LogP contribution in [0.2, 0.25) is 0 Å². The van der Waals surface area contributed by atoms with E-state index in [1.54, 1.807) is 0 Å². The Bertz CT molecular complexity index is 551. The van der Waals surface area contributed by atoms with E-state index in [1.807, 2.05) is 24.5 Å². The minimum Gasteiger partial charge on any atom is -0.324 e. The highest BCUT2D eigenvalue weighted by Gasteiger charge is 2.34. The van der Waals surface area contributed by atoms with Gasteiger partial charge in [0.15, 0.2) is 0 Å². The molecule has 1 heterocycles. The van der Waals surface area contributed by atoms with Crippen molar-refractivity contribution in [1.29, 1.82) is 0 Å². The number of aromatic nitrogens is 1. The van der Waals surface area contributed by atoms with Crippen molar-refractivity contribution in [1.82, 2.24) is 9.88 Å². The van der Waals surface area contributed by atoms with Gasteiger partial charge in [-0.05, 0) is 42.7 Å². The van der Waals surface area contributed by atoms with Crippen LogP contribution in [-0.2, 0) is 6.54 Å². The molecule has 0 aliphatic heterocycles. The van der Waals surface area contributed by atoms with Crippen molar-refractivity contribution in [2.24, 2.45) is 0 Å². The van der Waals surface area contributed by atoms with Crippen LogP contribution in [0.3, 0.4) is 0 Å². The first kappa shape index (κ1) is 14.3. The van der Waals surface area contributed by atoms with Gasteiger partial charge in [-0.2, -0.15) is 0 Å². The van der Waals surface area contributed by atoms with Crippen molar-refractivity contribution >= 4 is 0 Å². The summed E-state index contributed by atoms with van der Waals surface area (Å²) in [4.78, 5) is 0. The quantitative estimate of drug-likeness (QED) is 0.895. The van der Waals surface area contributed by atoms with Gasteiger partial charge in [0.2, 0.25) is 5.92 Å². The van der Waals surface area contributed by atoms with Crippen LogP contribution >= 0.6 is 0 Å². The van der Waals surface area contributed by atoms with E-state index in [4.69, 9.17) is 0 Å².